The van der Waals surface area contributed by atoms with Crippen LogP contribution in [-0.4, -0.2) is 44.9 Å². The quantitative estimate of drug-likeness (QED) is 0.288. The van der Waals surface area contributed by atoms with E-state index in [1.165, 1.54) is 29.0 Å². The van der Waals surface area contributed by atoms with E-state index in [1.807, 2.05) is 24.3 Å². The molecule has 9 heteroatoms. The topological polar surface area (TPSA) is 87.7 Å². The van der Waals surface area contributed by atoms with Crippen LogP contribution in [0.2, 0.25) is 0 Å². The molecule has 2 aromatic carbocycles. The van der Waals surface area contributed by atoms with Gasteiger partial charge in [0, 0.05) is 23.6 Å². The van der Waals surface area contributed by atoms with Gasteiger partial charge in [0.05, 0.1) is 20.0 Å². The van der Waals surface area contributed by atoms with Crippen LogP contribution >= 0.6 is 11.8 Å². The van der Waals surface area contributed by atoms with Crippen molar-refractivity contribution in [2.45, 2.75) is 24.9 Å². The zero-order valence-electron chi connectivity index (χ0n) is 18.8. The number of rotatable bonds is 8. The van der Waals surface area contributed by atoms with E-state index in [9.17, 15) is 9.59 Å². The molecule has 4 aromatic rings. The number of carbonyl (C=O) groups is 1. The molecule has 0 bridgehead atoms. The Morgan fingerprint density at radius 3 is 2.39 bits per heavy atom. The van der Waals surface area contributed by atoms with E-state index in [4.69, 9.17) is 9.47 Å². The lowest BCUT2D eigenvalue weighted by Gasteiger charge is -2.09. The maximum absolute atomic E-state index is 13.0. The maximum atomic E-state index is 13.0. The number of aromatic nitrogens is 4. The Labute approximate surface area is 195 Å². The van der Waals surface area contributed by atoms with Crippen molar-refractivity contribution in [3.05, 3.63) is 76.3 Å². The summed E-state index contributed by atoms with van der Waals surface area (Å²) in [7, 11) is 3.06. The zero-order chi connectivity index (χ0) is 23.5. The minimum atomic E-state index is -0.277. The first kappa shape index (κ1) is 22.6. The average molecular weight is 465 g/mol. The molecule has 8 nitrogen and oxygen atoms in total. The second kappa shape index (κ2) is 9.50. The van der Waals surface area contributed by atoms with Crippen LogP contribution in [0.25, 0.3) is 11.3 Å². The largest absolute Gasteiger partial charge is 0.493 e. The molecule has 4 rings (SSSR count). The lowest BCUT2D eigenvalue weighted by Crippen LogP contribution is -2.20. The molecule has 2 aromatic heterocycles. The number of carbonyl (C=O) groups excluding carboxylic acids is 1. The van der Waals surface area contributed by atoms with Crippen molar-refractivity contribution >= 4 is 23.2 Å². The number of methoxy groups -OCH3 is 2. The first-order chi connectivity index (χ1) is 15.9. The summed E-state index contributed by atoms with van der Waals surface area (Å²) < 4.78 is 13.6. The van der Waals surface area contributed by atoms with E-state index in [1.54, 1.807) is 42.1 Å². The summed E-state index contributed by atoms with van der Waals surface area (Å²) in [5, 5.41) is 8.65. The molecule has 0 radical (unpaired) electrons. The summed E-state index contributed by atoms with van der Waals surface area (Å²) >= 11 is 1.22. The summed E-state index contributed by atoms with van der Waals surface area (Å²) in [6.07, 6.45) is 3.42. The van der Waals surface area contributed by atoms with Crippen LogP contribution in [0.4, 0.5) is 0 Å². The lowest BCUT2D eigenvalue weighted by atomic mass is 10.0. The minimum Gasteiger partial charge on any atom is -0.493 e. The Kier molecular flexibility index (Phi) is 6.50. The highest BCUT2D eigenvalue weighted by atomic mass is 32.2. The van der Waals surface area contributed by atoms with Gasteiger partial charge in [-0.3, -0.25) is 18.6 Å². The number of thioether (sulfide) groups is 1. The third kappa shape index (κ3) is 4.49. The SMILES string of the molecule is COc1ccc(C(=O)CSc2nnc3c(=O)n(-c4ccc(C(C)C)cc4)ccn23)cc1OC. The van der Waals surface area contributed by atoms with Crippen LogP contribution in [0, 0.1) is 0 Å². The molecule has 0 aliphatic heterocycles. The molecule has 0 aliphatic carbocycles. The van der Waals surface area contributed by atoms with Crippen LogP contribution < -0.4 is 15.0 Å². The Bertz CT molecular complexity index is 1360. The molecule has 0 aliphatic rings. The van der Waals surface area contributed by atoms with Crippen molar-refractivity contribution in [1.82, 2.24) is 19.2 Å². The molecule has 33 heavy (non-hydrogen) atoms. The fraction of sp³-hybridized carbons (Fsp3) is 0.250. The highest BCUT2D eigenvalue weighted by molar-refractivity contribution is 7.99. The third-order valence-corrected chi connectivity index (χ3v) is 6.26. The van der Waals surface area contributed by atoms with Crippen molar-refractivity contribution in [2.75, 3.05) is 20.0 Å². The van der Waals surface area contributed by atoms with Crippen LogP contribution in [0.3, 0.4) is 0 Å². The van der Waals surface area contributed by atoms with Crippen LogP contribution in [0.1, 0.15) is 35.7 Å². The fourth-order valence-corrected chi connectivity index (χ4v) is 4.22. The van der Waals surface area contributed by atoms with Crippen molar-refractivity contribution in [1.29, 1.82) is 0 Å². The molecule has 0 spiro atoms. The molecule has 2 heterocycles. The number of ether oxygens (including phenoxy) is 2. The van der Waals surface area contributed by atoms with Gasteiger partial charge in [0.15, 0.2) is 22.4 Å². The van der Waals surface area contributed by atoms with E-state index in [0.717, 1.165) is 5.69 Å². The number of nitrogens with zero attached hydrogens (tertiary/aromatic N) is 4. The molecule has 0 N–H and O–H groups in total. The first-order valence-electron chi connectivity index (χ1n) is 10.4. The highest BCUT2D eigenvalue weighted by Gasteiger charge is 2.16. The number of ketones is 1. The normalized spacial score (nSPS) is 11.2. The minimum absolute atomic E-state index is 0.101. The Balaban J connectivity index is 1.55. The maximum Gasteiger partial charge on any atom is 0.300 e. The molecule has 0 saturated carbocycles. The summed E-state index contributed by atoms with van der Waals surface area (Å²) in [5.74, 6) is 1.49. The predicted octanol–water partition coefficient (Wildman–Crippen LogP) is 4.00. The molecular formula is C24H24N4O4S. The number of hydrogen-bond acceptors (Lipinski definition) is 7. The van der Waals surface area contributed by atoms with E-state index < -0.39 is 0 Å². The van der Waals surface area contributed by atoms with Gasteiger partial charge in [0.1, 0.15) is 0 Å². The van der Waals surface area contributed by atoms with Crippen LogP contribution in [-0.2, 0) is 0 Å². The monoisotopic (exact) mass is 464 g/mol. The molecular weight excluding hydrogens is 440 g/mol. The van der Waals surface area contributed by atoms with Crippen molar-refractivity contribution in [3.63, 3.8) is 0 Å². The summed E-state index contributed by atoms with van der Waals surface area (Å²) in [4.78, 5) is 25.7. The van der Waals surface area contributed by atoms with Crippen molar-refractivity contribution in [2.24, 2.45) is 0 Å². The molecule has 0 atom stereocenters. The molecule has 0 unspecified atom stereocenters. The van der Waals surface area contributed by atoms with Crippen molar-refractivity contribution < 1.29 is 14.3 Å². The van der Waals surface area contributed by atoms with Crippen molar-refractivity contribution in [3.8, 4) is 17.2 Å². The van der Waals surface area contributed by atoms with E-state index in [2.05, 4.69) is 24.0 Å². The van der Waals surface area contributed by atoms with Gasteiger partial charge in [-0.05, 0) is 41.8 Å². The first-order valence-corrected chi connectivity index (χ1v) is 11.4. The van der Waals surface area contributed by atoms with Crippen LogP contribution in [0.15, 0.2) is 64.8 Å². The van der Waals surface area contributed by atoms with Gasteiger partial charge < -0.3 is 9.47 Å². The summed E-state index contributed by atoms with van der Waals surface area (Å²) in [6, 6.07) is 12.9. The Hall–Kier alpha value is -3.59. The van der Waals surface area contributed by atoms with Gasteiger partial charge in [-0.15, -0.1) is 10.2 Å². The van der Waals surface area contributed by atoms with E-state index >= 15 is 0 Å². The molecule has 0 saturated heterocycles. The number of fused-ring (bicyclic) bond motifs is 1. The Morgan fingerprint density at radius 2 is 1.73 bits per heavy atom. The highest BCUT2D eigenvalue weighted by Crippen LogP contribution is 2.28. The molecule has 170 valence electrons. The van der Waals surface area contributed by atoms with E-state index in [0.29, 0.717) is 28.1 Å². The summed E-state index contributed by atoms with van der Waals surface area (Å²) in [5.41, 5.74) is 2.38. The number of benzene rings is 2. The smallest absolute Gasteiger partial charge is 0.300 e. The van der Waals surface area contributed by atoms with Gasteiger partial charge in [-0.25, -0.2) is 0 Å². The van der Waals surface area contributed by atoms with Gasteiger partial charge in [-0.1, -0.05) is 37.7 Å². The summed E-state index contributed by atoms with van der Waals surface area (Å²) in [6.45, 7) is 4.25. The molecule has 0 fully saturated rings. The van der Waals surface area contributed by atoms with E-state index in [-0.39, 0.29) is 22.7 Å². The second-order valence-corrected chi connectivity index (χ2v) is 8.62. The number of Topliss-reactive ketones (excluding diaryl/α,β-unsaturated/α-hetero) is 1. The third-order valence-electron chi connectivity index (χ3n) is 5.32. The van der Waals surface area contributed by atoms with Gasteiger partial charge >= 0.3 is 5.56 Å². The fourth-order valence-electron chi connectivity index (χ4n) is 3.41. The standard InChI is InChI=1S/C24H24N4O4S/c1-15(2)16-5-8-18(9-6-16)27-11-12-28-22(23(27)30)25-26-24(28)33-14-19(29)17-7-10-20(31-3)21(13-17)32-4/h5-13,15H,14H2,1-4H3. The Morgan fingerprint density at radius 1 is 1.00 bits per heavy atom. The van der Waals surface area contributed by atoms with Gasteiger partial charge in [0.25, 0.3) is 0 Å². The zero-order valence-corrected chi connectivity index (χ0v) is 19.6. The second-order valence-electron chi connectivity index (χ2n) is 7.68. The van der Waals surface area contributed by atoms with Crippen LogP contribution in [0.5, 0.6) is 11.5 Å². The predicted molar refractivity (Wildman–Crippen MR) is 127 cm³/mol. The van der Waals surface area contributed by atoms with Gasteiger partial charge in [0.2, 0.25) is 5.65 Å². The number of hydrogen-bond donors (Lipinski definition) is 0. The average Bonchev–Trinajstić information content (AvgIpc) is 3.26. The van der Waals surface area contributed by atoms with Gasteiger partial charge in [-0.2, -0.15) is 0 Å². The molecule has 0 amide bonds. The lowest BCUT2D eigenvalue weighted by molar-refractivity contribution is 0.102.